The van der Waals surface area contributed by atoms with Crippen molar-refractivity contribution in [3.63, 3.8) is 0 Å². The van der Waals surface area contributed by atoms with Crippen LogP contribution in [0.25, 0.3) is 0 Å². The lowest BCUT2D eigenvalue weighted by atomic mass is 10.1. The third-order valence-electron chi connectivity index (χ3n) is 2.82. The van der Waals surface area contributed by atoms with Crippen LogP contribution < -0.4 is 5.32 Å². The number of thiophene rings is 1. The van der Waals surface area contributed by atoms with E-state index in [0.717, 1.165) is 31.7 Å². The molecule has 0 spiro atoms. The monoisotopic (exact) mass is 439 g/mol. The van der Waals surface area contributed by atoms with Gasteiger partial charge in [0.1, 0.15) is 5.82 Å². The molecule has 0 fully saturated rings. The van der Waals surface area contributed by atoms with Crippen LogP contribution in [0.5, 0.6) is 0 Å². The summed E-state index contributed by atoms with van der Waals surface area (Å²) in [4.78, 5) is 1.10. The molecule has 0 saturated carbocycles. The molecule has 1 aromatic heterocycles. The summed E-state index contributed by atoms with van der Waals surface area (Å²) in [5.41, 5.74) is 1.00. The van der Waals surface area contributed by atoms with Crippen molar-refractivity contribution in [1.82, 2.24) is 5.32 Å². The van der Waals surface area contributed by atoms with E-state index >= 15 is 0 Å². The number of rotatable bonds is 5. The Morgan fingerprint density at radius 3 is 2.65 bits per heavy atom. The van der Waals surface area contributed by atoms with Crippen molar-refractivity contribution >= 4 is 54.8 Å². The van der Waals surface area contributed by atoms with Gasteiger partial charge in [0.15, 0.2) is 0 Å². The van der Waals surface area contributed by atoms with Crippen LogP contribution in [0.2, 0.25) is 5.02 Å². The van der Waals surface area contributed by atoms with E-state index in [2.05, 4.69) is 44.1 Å². The molecule has 1 aromatic carbocycles. The van der Waals surface area contributed by atoms with E-state index < -0.39 is 0 Å². The first-order valence-electron chi connectivity index (χ1n) is 6.16. The number of hydrogen-bond acceptors (Lipinski definition) is 2. The first-order valence-corrected chi connectivity index (χ1v) is 8.94. The molecule has 0 saturated heterocycles. The van der Waals surface area contributed by atoms with E-state index in [4.69, 9.17) is 11.6 Å². The van der Waals surface area contributed by atoms with E-state index in [1.807, 2.05) is 6.07 Å². The van der Waals surface area contributed by atoms with Crippen LogP contribution >= 0.6 is 54.8 Å². The lowest BCUT2D eigenvalue weighted by Gasteiger charge is -2.19. The Bertz CT molecular complexity index is 583. The van der Waals surface area contributed by atoms with E-state index in [-0.39, 0.29) is 11.9 Å². The maximum absolute atomic E-state index is 13.3. The number of hydrogen-bond donors (Lipinski definition) is 1. The summed E-state index contributed by atoms with van der Waals surface area (Å²) in [6.07, 6.45) is 1.02. The highest BCUT2D eigenvalue weighted by atomic mass is 79.9. The lowest BCUT2D eigenvalue weighted by Crippen LogP contribution is -2.22. The van der Waals surface area contributed by atoms with Crippen molar-refractivity contribution in [2.24, 2.45) is 0 Å². The molecule has 1 N–H and O–H groups in total. The average Bonchev–Trinajstić information content (AvgIpc) is 2.72. The second-order valence-electron chi connectivity index (χ2n) is 4.32. The third kappa shape index (κ3) is 3.83. The molecule has 0 bridgehead atoms. The molecule has 0 aliphatic rings. The molecule has 6 heteroatoms. The fraction of sp³-hybridized carbons (Fsp3) is 0.286. The van der Waals surface area contributed by atoms with Crippen molar-refractivity contribution in [3.05, 3.63) is 53.8 Å². The zero-order valence-corrected chi connectivity index (χ0v) is 15.5. The topological polar surface area (TPSA) is 12.0 Å². The highest BCUT2D eigenvalue weighted by Crippen LogP contribution is 2.39. The van der Waals surface area contributed by atoms with Crippen LogP contribution in [0, 0.1) is 5.82 Å². The van der Waals surface area contributed by atoms with Gasteiger partial charge in [0.25, 0.3) is 0 Å². The van der Waals surface area contributed by atoms with Crippen molar-refractivity contribution in [2.45, 2.75) is 19.4 Å². The molecular formula is C14H13Br2ClFNS. The van der Waals surface area contributed by atoms with Crippen molar-refractivity contribution in [2.75, 3.05) is 6.54 Å². The molecule has 0 amide bonds. The second-order valence-corrected chi connectivity index (χ2v) is 7.99. The molecule has 1 unspecified atom stereocenters. The smallest absolute Gasteiger partial charge is 0.124 e. The highest BCUT2D eigenvalue weighted by molar-refractivity contribution is 9.11. The van der Waals surface area contributed by atoms with Gasteiger partial charge in [-0.05, 0) is 52.7 Å². The largest absolute Gasteiger partial charge is 0.306 e. The molecule has 1 atom stereocenters. The van der Waals surface area contributed by atoms with Gasteiger partial charge in [0.2, 0.25) is 0 Å². The van der Waals surface area contributed by atoms with Gasteiger partial charge in [-0.1, -0.05) is 40.5 Å². The fourth-order valence-corrected chi connectivity index (χ4v) is 4.31. The van der Waals surface area contributed by atoms with E-state index in [9.17, 15) is 4.39 Å². The molecule has 0 aliphatic carbocycles. The summed E-state index contributed by atoms with van der Waals surface area (Å²) in [5.74, 6) is -0.250. The van der Waals surface area contributed by atoms with Crippen LogP contribution in [0.1, 0.15) is 29.8 Å². The molecule has 1 heterocycles. The Labute approximate surface area is 143 Å². The predicted octanol–water partition coefficient (Wildman–Crippen LogP) is 6.15. The minimum atomic E-state index is -0.250. The highest BCUT2D eigenvalue weighted by Gasteiger charge is 2.20. The summed E-state index contributed by atoms with van der Waals surface area (Å²) < 4.78 is 14.9. The van der Waals surface area contributed by atoms with Gasteiger partial charge in [-0.25, -0.2) is 4.39 Å². The van der Waals surface area contributed by atoms with Crippen molar-refractivity contribution < 1.29 is 4.39 Å². The van der Waals surface area contributed by atoms with Gasteiger partial charge in [-0.3, -0.25) is 0 Å². The van der Waals surface area contributed by atoms with Gasteiger partial charge < -0.3 is 5.32 Å². The van der Waals surface area contributed by atoms with Crippen LogP contribution in [0.15, 0.2) is 32.5 Å². The number of benzene rings is 1. The zero-order valence-electron chi connectivity index (χ0n) is 10.7. The van der Waals surface area contributed by atoms with Crippen LogP contribution in [0.4, 0.5) is 4.39 Å². The minimum absolute atomic E-state index is 0.00118. The van der Waals surface area contributed by atoms with Crippen LogP contribution in [-0.2, 0) is 0 Å². The Hall–Kier alpha value is 0.0600. The van der Waals surface area contributed by atoms with Gasteiger partial charge in [-0.15, -0.1) is 11.3 Å². The molecule has 20 heavy (non-hydrogen) atoms. The molecule has 1 nitrogen and oxygen atoms in total. The average molecular weight is 442 g/mol. The van der Waals surface area contributed by atoms with E-state index in [1.165, 1.54) is 12.1 Å². The van der Waals surface area contributed by atoms with E-state index in [1.54, 1.807) is 17.4 Å². The summed E-state index contributed by atoms with van der Waals surface area (Å²) in [5, 5.41) is 4.18. The zero-order chi connectivity index (χ0) is 14.7. The summed E-state index contributed by atoms with van der Waals surface area (Å²) in [6.45, 7) is 2.99. The quantitative estimate of drug-likeness (QED) is 0.586. The molecule has 2 aromatic rings. The molecule has 0 aliphatic heterocycles. The number of halogens is 4. The SMILES string of the molecule is CCCNC(c1cc(Cl)c(Br)s1)c1ccc(F)cc1Br. The summed E-state index contributed by atoms with van der Waals surface area (Å²) in [6, 6.07) is 6.71. The predicted molar refractivity (Wildman–Crippen MR) is 91.3 cm³/mol. The first-order chi connectivity index (χ1) is 9.52. The number of nitrogens with one attached hydrogen (secondary N) is 1. The lowest BCUT2D eigenvalue weighted by molar-refractivity contribution is 0.596. The second kappa shape index (κ2) is 7.36. The molecular weight excluding hydrogens is 428 g/mol. The fourth-order valence-electron chi connectivity index (χ4n) is 1.89. The molecule has 2 rings (SSSR count). The summed E-state index contributed by atoms with van der Waals surface area (Å²) in [7, 11) is 0. The maximum atomic E-state index is 13.3. The first kappa shape index (κ1) is 16.4. The summed E-state index contributed by atoms with van der Waals surface area (Å²) >= 11 is 14.6. The minimum Gasteiger partial charge on any atom is -0.306 e. The Balaban J connectivity index is 2.41. The van der Waals surface area contributed by atoms with E-state index in [0.29, 0.717) is 5.02 Å². The Kier molecular flexibility index (Phi) is 6.05. The molecule has 0 radical (unpaired) electrons. The van der Waals surface area contributed by atoms with Crippen LogP contribution in [-0.4, -0.2) is 6.54 Å². The standard InChI is InChI=1S/C14H13Br2ClFNS/c1-2-5-19-13(12-7-11(17)14(16)20-12)9-4-3-8(18)6-10(9)15/h3-4,6-7,13,19H,2,5H2,1H3. The van der Waals surface area contributed by atoms with Crippen molar-refractivity contribution in [1.29, 1.82) is 0 Å². The van der Waals surface area contributed by atoms with Gasteiger partial charge >= 0.3 is 0 Å². The normalized spacial score (nSPS) is 12.7. The van der Waals surface area contributed by atoms with Gasteiger partial charge in [0, 0.05) is 9.35 Å². The Morgan fingerprint density at radius 1 is 1.35 bits per heavy atom. The third-order valence-corrected chi connectivity index (χ3v) is 6.05. The maximum Gasteiger partial charge on any atom is 0.124 e. The molecule has 108 valence electrons. The van der Waals surface area contributed by atoms with Crippen molar-refractivity contribution in [3.8, 4) is 0 Å². The Morgan fingerprint density at radius 2 is 2.10 bits per heavy atom. The van der Waals surface area contributed by atoms with Crippen LogP contribution in [0.3, 0.4) is 0 Å². The van der Waals surface area contributed by atoms with Gasteiger partial charge in [0.05, 0.1) is 14.9 Å². The van der Waals surface area contributed by atoms with Gasteiger partial charge in [-0.2, -0.15) is 0 Å².